The van der Waals surface area contributed by atoms with Crippen molar-refractivity contribution in [3.63, 3.8) is 0 Å². The van der Waals surface area contributed by atoms with Crippen molar-refractivity contribution >= 4 is 43.2 Å². The quantitative estimate of drug-likeness (QED) is 0.413. The number of rotatable bonds is 2. The first kappa shape index (κ1) is 19.9. The standard InChI is InChI=1S/C15H10Br2F6N2/c16-11-5-7(24)1-3-9(11)13(14(18,19)20,15(21,22)23)10-4-2-8(25)6-12(10)17/h1-6H,24-25H2. The Hall–Kier alpha value is -1.42. The molecular formula is C15H10Br2F6N2. The van der Waals surface area contributed by atoms with E-state index in [-0.39, 0.29) is 11.4 Å². The Labute approximate surface area is 155 Å². The van der Waals surface area contributed by atoms with Gasteiger partial charge >= 0.3 is 12.4 Å². The van der Waals surface area contributed by atoms with Crippen molar-refractivity contribution in [2.45, 2.75) is 17.8 Å². The number of hydrogen-bond donors (Lipinski definition) is 2. The van der Waals surface area contributed by atoms with Gasteiger partial charge < -0.3 is 11.5 Å². The Bertz CT molecular complexity index is 734. The van der Waals surface area contributed by atoms with Gasteiger partial charge in [0.1, 0.15) is 0 Å². The van der Waals surface area contributed by atoms with Gasteiger partial charge in [-0.05, 0) is 35.4 Å². The second-order valence-electron chi connectivity index (χ2n) is 5.22. The lowest BCUT2D eigenvalue weighted by Crippen LogP contribution is -2.55. The minimum absolute atomic E-state index is 0.0187. The van der Waals surface area contributed by atoms with Crippen LogP contribution in [0.2, 0.25) is 0 Å². The molecule has 0 aliphatic rings. The molecule has 0 aliphatic heterocycles. The first-order valence-electron chi connectivity index (χ1n) is 6.57. The Kier molecular flexibility index (Phi) is 5.08. The van der Waals surface area contributed by atoms with Crippen molar-refractivity contribution in [3.05, 3.63) is 56.5 Å². The van der Waals surface area contributed by atoms with Crippen LogP contribution in [0.4, 0.5) is 37.7 Å². The summed E-state index contributed by atoms with van der Waals surface area (Å²) in [6.07, 6.45) is -11.4. The number of nitrogen functional groups attached to an aromatic ring is 2. The Balaban J connectivity index is 3.02. The predicted octanol–water partition coefficient (Wildman–Crippen LogP) is 5.79. The molecule has 2 nitrogen and oxygen atoms in total. The Morgan fingerprint density at radius 3 is 1.20 bits per heavy atom. The summed E-state index contributed by atoms with van der Waals surface area (Å²) in [6.45, 7) is 0. The Morgan fingerprint density at radius 2 is 0.960 bits per heavy atom. The van der Waals surface area contributed by atoms with Crippen LogP contribution in [0.25, 0.3) is 0 Å². The summed E-state index contributed by atoms with van der Waals surface area (Å²) in [5.74, 6) is 0. The van der Waals surface area contributed by atoms with Gasteiger partial charge in [-0.15, -0.1) is 0 Å². The van der Waals surface area contributed by atoms with E-state index < -0.39 is 37.8 Å². The van der Waals surface area contributed by atoms with Crippen molar-refractivity contribution < 1.29 is 26.3 Å². The number of nitrogens with two attached hydrogens (primary N) is 2. The van der Waals surface area contributed by atoms with E-state index in [4.69, 9.17) is 11.5 Å². The highest BCUT2D eigenvalue weighted by Gasteiger charge is 2.73. The lowest BCUT2D eigenvalue weighted by Gasteiger charge is -2.39. The third-order valence-corrected chi connectivity index (χ3v) is 4.96. The molecule has 0 heterocycles. The molecule has 136 valence electrons. The van der Waals surface area contributed by atoms with E-state index in [1.807, 2.05) is 0 Å². The predicted molar refractivity (Wildman–Crippen MR) is 90.0 cm³/mol. The molecule has 4 N–H and O–H groups in total. The molecule has 0 atom stereocenters. The van der Waals surface area contributed by atoms with Crippen LogP contribution in [-0.2, 0) is 5.41 Å². The molecule has 2 aromatic rings. The first-order valence-corrected chi connectivity index (χ1v) is 8.15. The van der Waals surface area contributed by atoms with Crippen molar-refractivity contribution in [2.24, 2.45) is 0 Å². The van der Waals surface area contributed by atoms with Crippen molar-refractivity contribution in [3.8, 4) is 0 Å². The average molecular weight is 492 g/mol. The lowest BCUT2D eigenvalue weighted by molar-refractivity contribution is -0.289. The van der Waals surface area contributed by atoms with E-state index in [1.54, 1.807) is 0 Å². The highest BCUT2D eigenvalue weighted by Crippen LogP contribution is 2.59. The third kappa shape index (κ3) is 3.21. The van der Waals surface area contributed by atoms with E-state index in [2.05, 4.69) is 31.9 Å². The minimum atomic E-state index is -5.69. The molecule has 0 amide bonds. The van der Waals surface area contributed by atoms with Gasteiger partial charge in [0.25, 0.3) is 0 Å². The zero-order valence-electron chi connectivity index (χ0n) is 12.1. The molecule has 0 aromatic heterocycles. The maximum Gasteiger partial charge on any atom is 0.411 e. The van der Waals surface area contributed by atoms with Crippen LogP contribution in [0.5, 0.6) is 0 Å². The van der Waals surface area contributed by atoms with Gasteiger partial charge in [0.15, 0.2) is 0 Å². The molecular weight excluding hydrogens is 482 g/mol. The van der Waals surface area contributed by atoms with E-state index >= 15 is 0 Å². The highest BCUT2D eigenvalue weighted by atomic mass is 79.9. The molecule has 0 radical (unpaired) electrons. The third-order valence-electron chi connectivity index (χ3n) is 3.64. The summed E-state index contributed by atoms with van der Waals surface area (Å²) in [5, 5.41) is 0. The van der Waals surface area contributed by atoms with E-state index in [1.165, 1.54) is 0 Å². The van der Waals surface area contributed by atoms with Crippen LogP contribution in [0.15, 0.2) is 45.3 Å². The Morgan fingerprint density at radius 1 is 0.640 bits per heavy atom. The second-order valence-corrected chi connectivity index (χ2v) is 6.93. The molecule has 25 heavy (non-hydrogen) atoms. The molecule has 0 spiro atoms. The van der Waals surface area contributed by atoms with Crippen LogP contribution in [0, 0.1) is 0 Å². The molecule has 2 rings (SSSR count). The van der Waals surface area contributed by atoms with E-state index in [9.17, 15) is 26.3 Å². The fourth-order valence-electron chi connectivity index (χ4n) is 2.59. The number of anilines is 2. The molecule has 0 bridgehead atoms. The molecule has 10 heteroatoms. The monoisotopic (exact) mass is 490 g/mol. The zero-order chi connectivity index (χ0) is 19.2. The summed E-state index contributed by atoms with van der Waals surface area (Å²) in [5.41, 5.74) is 4.63. The SMILES string of the molecule is Nc1ccc(C(c2ccc(N)cc2Br)(C(F)(F)F)C(F)(F)F)c(Br)c1. The van der Waals surface area contributed by atoms with Crippen molar-refractivity contribution in [2.75, 3.05) is 11.5 Å². The molecule has 0 saturated heterocycles. The number of hydrogen-bond acceptors (Lipinski definition) is 2. The lowest BCUT2D eigenvalue weighted by atomic mass is 9.72. The average Bonchev–Trinajstić information content (AvgIpc) is 2.40. The number of halogens is 8. The van der Waals surface area contributed by atoms with Gasteiger partial charge in [0.2, 0.25) is 5.41 Å². The maximum absolute atomic E-state index is 14.0. The van der Waals surface area contributed by atoms with Gasteiger partial charge in [-0.2, -0.15) is 26.3 Å². The van der Waals surface area contributed by atoms with Gasteiger partial charge in [-0.25, -0.2) is 0 Å². The summed E-state index contributed by atoms with van der Waals surface area (Å²) in [7, 11) is 0. The summed E-state index contributed by atoms with van der Waals surface area (Å²) >= 11 is 5.57. The fourth-order valence-corrected chi connectivity index (χ4v) is 3.98. The van der Waals surface area contributed by atoms with Crippen molar-refractivity contribution in [1.82, 2.24) is 0 Å². The summed E-state index contributed by atoms with van der Waals surface area (Å²) in [4.78, 5) is 0. The van der Waals surface area contributed by atoms with Crippen LogP contribution in [0.3, 0.4) is 0 Å². The molecule has 0 fully saturated rings. The van der Waals surface area contributed by atoms with Crippen LogP contribution in [-0.4, -0.2) is 12.4 Å². The highest BCUT2D eigenvalue weighted by molar-refractivity contribution is 9.10. The van der Waals surface area contributed by atoms with Gasteiger partial charge in [-0.1, -0.05) is 44.0 Å². The summed E-state index contributed by atoms with van der Waals surface area (Å²) < 4.78 is 83.1. The number of benzene rings is 2. The zero-order valence-corrected chi connectivity index (χ0v) is 15.3. The van der Waals surface area contributed by atoms with Gasteiger partial charge in [0.05, 0.1) is 0 Å². The van der Waals surface area contributed by atoms with Crippen molar-refractivity contribution in [1.29, 1.82) is 0 Å². The smallest absolute Gasteiger partial charge is 0.399 e. The first-order chi connectivity index (χ1) is 11.3. The normalized spacial score (nSPS) is 13.1. The topological polar surface area (TPSA) is 52.0 Å². The summed E-state index contributed by atoms with van der Waals surface area (Å²) in [6, 6.07) is 5.38. The maximum atomic E-state index is 14.0. The minimum Gasteiger partial charge on any atom is -0.399 e. The fraction of sp³-hybridized carbons (Fsp3) is 0.200. The molecule has 0 unspecified atom stereocenters. The molecule has 2 aromatic carbocycles. The van der Waals surface area contributed by atoms with E-state index in [0.717, 1.165) is 24.3 Å². The second kappa shape index (κ2) is 6.39. The molecule has 0 aliphatic carbocycles. The van der Waals surface area contributed by atoms with Gasteiger partial charge in [-0.3, -0.25) is 0 Å². The largest absolute Gasteiger partial charge is 0.411 e. The van der Waals surface area contributed by atoms with Crippen LogP contribution < -0.4 is 11.5 Å². The van der Waals surface area contributed by atoms with Crippen LogP contribution >= 0.6 is 31.9 Å². The van der Waals surface area contributed by atoms with E-state index in [0.29, 0.717) is 12.1 Å². The molecule has 0 saturated carbocycles. The van der Waals surface area contributed by atoms with Crippen LogP contribution in [0.1, 0.15) is 11.1 Å². The number of alkyl halides is 6. The van der Waals surface area contributed by atoms with Gasteiger partial charge in [0, 0.05) is 20.3 Å².